The van der Waals surface area contributed by atoms with E-state index in [2.05, 4.69) is 41.4 Å². The molecular formula is C23H30N2O2. The van der Waals surface area contributed by atoms with Gasteiger partial charge in [0.2, 0.25) is 5.91 Å². The van der Waals surface area contributed by atoms with Gasteiger partial charge in [0.25, 0.3) is 0 Å². The van der Waals surface area contributed by atoms with Crippen LogP contribution in [0.1, 0.15) is 36.5 Å². The zero-order valence-corrected chi connectivity index (χ0v) is 16.4. The van der Waals surface area contributed by atoms with Crippen molar-refractivity contribution < 1.29 is 9.53 Å². The zero-order valence-electron chi connectivity index (χ0n) is 16.4. The van der Waals surface area contributed by atoms with Gasteiger partial charge in [0.15, 0.2) is 0 Å². The van der Waals surface area contributed by atoms with Gasteiger partial charge in [0, 0.05) is 19.6 Å². The molecule has 1 fully saturated rings. The lowest BCUT2D eigenvalue weighted by atomic mass is 9.99. The molecule has 0 bridgehead atoms. The summed E-state index contributed by atoms with van der Waals surface area (Å²) in [6, 6.07) is 16.2. The van der Waals surface area contributed by atoms with E-state index in [9.17, 15) is 4.79 Å². The van der Waals surface area contributed by atoms with Gasteiger partial charge in [-0.25, -0.2) is 0 Å². The van der Waals surface area contributed by atoms with E-state index >= 15 is 0 Å². The molecule has 1 amide bonds. The van der Waals surface area contributed by atoms with Gasteiger partial charge in [-0.3, -0.25) is 9.69 Å². The molecule has 4 nitrogen and oxygen atoms in total. The van der Waals surface area contributed by atoms with Crippen LogP contribution in [0.25, 0.3) is 0 Å². The molecule has 3 rings (SSSR count). The van der Waals surface area contributed by atoms with Gasteiger partial charge in [-0.2, -0.15) is 0 Å². The molecule has 0 unspecified atom stereocenters. The van der Waals surface area contributed by atoms with E-state index in [0.29, 0.717) is 13.0 Å². The number of carbonyl (C=O) groups is 1. The van der Waals surface area contributed by atoms with Crippen molar-refractivity contribution in [1.82, 2.24) is 10.2 Å². The lowest BCUT2D eigenvalue weighted by molar-refractivity contribution is -0.120. The van der Waals surface area contributed by atoms with Crippen LogP contribution in [0.5, 0.6) is 5.75 Å². The summed E-state index contributed by atoms with van der Waals surface area (Å²) in [5.74, 6) is 1.64. The van der Waals surface area contributed by atoms with E-state index in [-0.39, 0.29) is 5.91 Å². The molecule has 144 valence electrons. The lowest BCUT2D eigenvalue weighted by Gasteiger charge is -2.30. The number of piperidine rings is 1. The minimum atomic E-state index is 0.0338. The standard InChI is InChI=1S/C23H30N2O2/c1-18-4-3-13-25(16-18)17-21-7-5-20(6-8-21)15-24-23(26)14-19-9-11-22(27-2)12-10-19/h5-12,18H,3-4,13-17H2,1-2H3,(H,24,26)/t18-/m1/s1. The van der Waals surface area contributed by atoms with Crippen molar-refractivity contribution in [3.8, 4) is 5.75 Å². The Balaban J connectivity index is 1.44. The number of hydrogen-bond acceptors (Lipinski definition) is 3. The van der Waals surface area contributed by atoms with Crippen molar-refractivity contribution in [1.29, 1.82) is 0 Å². The number of hydrogen-bond donors (Lipinski definition) is 1. The topological polar surface area (TPSA) is 41.6 Å². The number of ether oxygens (including phenoxy) is 1. The molecule has 1 aliphatic rings. The van der Waals surface area contributed by atoms with Gasteiger partial charge in [-0.1, -0.05) is 43.3 Å². The monoisotopic (exact) mass is 366 g/mol. The Bertz CT molecular complexity index is 725. The van der Waals surface area contributed by atoms with Crippen molar-refractivity contribution >= 4 is 5.91 Å². The summed E-state index contributed by atoms with van der Waals surface area (Å²) in [6.45, 7) is 6.32. The Morgan fingerprint density at radius 3 is 2.41 bits per heavy atom. The summed E-state index contributed by atoms with van der Waals surface area (Å²) in [7, 11) is 1.64. The average molecular weight is 367 g/mol. The fraction of sp³-hybridized carbons (Fsp3) is 0.435. The van der Waals surface area contributed by atoms with Crippen LogP contribution in [0.4, 0.5) is 0 Å². The molecule has 0 aromatic heterocycles. The van der Waals surface area contributed by atoms with Gasteiger partial charge in [0.1, 0.15) is 5.75 Å². The number of carbonyl (C=O) groups excluding carboxylic acids is 1. The number of benzene rings is 2. The minimum Gasteiger partial charge on any atom is -0.497 e. The molecule has 1 aliphatic heterocycles. The van der Waals surface area contributed by atoms with E-state index in [1.165, 1.54) is 31.5 Å². The quantitative estimate of drug-likeness (QED) is 0.811. The number of likely N-dealkylation sites (tertiary alicyclic amines) is 1. The predicted octanol–water partition coefficient (Wildman–Crippen LogP) is 3.79. The van der Waals surface area contributed by atoms with E-state index in [1.54, 1.807) is 7.11 Å². The summed E-state index contributed by atoms with van der Waals surface area (Å²) < 4.78 is 5.14. The van der Waals surface area contributed by atoms with E-state index in [0.717, 1.165) is 29.3 Å². The van der Waals surface area contributed by atoms with Crippen LogP contribution in [0.2, 0.25) is 0 Å². The summed E-state index contributed by atoms with van der Waals surface area (Å²) in [5.41, 5.74) is 3.46. The first-order valence-electron chi connectivity index (χ1n) is 9.82. The van der Waals surface area contributed by atoms with Gasteiger partial charge < -0.3 is 10.1 Å². The number of nitrogens with zero attached hydrogens (tertiary/aromatic N) is 1. The summed E-state index contributed by atoms with van der Waals surface area (Å²) in [6.07, 6.45) is 3.04. The van der Waals surface area contributed by atoms with Crippen LogP contribution >= 0.6 is 0 Å². The number of rotatable bonds is 7. The Hall–Kier alpha value is -2.33. The maximum Gasteiger partial charge on any atom is 0.224 e. The molecule has 0 radical (unpaired) electrons. The highest BCUT2D eigenvalue weighted by Crippen LogP contribution is 2.18. The first-order valence-corrected chi connectivity index (χ1v) is 9.82. The largest absolute Gasteiger partial charge is 0.497 e. The maximum absolute atomic E-state index is 12.2. The third-order valence-electron chi connectivity index (χ3n) is 5.18. The second-order valence-corrected chi connectivity index (χ2v) is 7.60. The fourth-order valence-electron chi connectivity index (χ4n) is 3.64. The molecule has 27 heavy (non-hydrogen) atoms. The van der Waals surface area contributed by atoms with Crippen molar-refractivity contribution in [2.24, 2.45) is 5.92 Å². The molecule has 0 spiro atoms. The van der Waals surface area contributed by atoms with Gasteiger partial charge in [0.05, 0.1) is 13.5 Å². The van der Waals surface area contributed by atoms with Crippen LogP contribution in [0.3, 0.4) is 0 Å². The van der Waals surface area contributed by atoms with Crippen molar-refractivity contribution in [2.75, 3.05) is 20.2 Å². The Morgan fingerprint density at radius 2 is 1.74 bits per heavy atom. The second-order valence-electron chi connectivity index (χ2n) is 7.60. The predicted molar refractivity (Wildman–Crippen MR) is 109 cm³/mol. The summed E-state index contributed by atoms with van der Waals surface area (Å²) in [4.78, 5) is 14.7. The van der Waals surface area contributed by atoms with E-state index in [1.807, 2.05) is 24.3 Å². The molecule has 1 heterocycles. The fourth-order valence-corrected chi connectivity index (χ4v) is 3.64. The van der Waals surface area contributed by atoms with Crippen molar-refractivity contribution in [3.63, 3.8) is 0 Å². The Morgan fingerprint density at radius 1 is 1.07 bits per heavy atom. The molecule has 0 saturated carbocycles. The first kappa shape index (κ1) is 19.4. The first-order chi connectivity index (χ1) is 13.1. The van der Waals surface area contributed by atoms with Crippen LogP contribution < -0.4 is 10.1 Å². The number of methoxy groups -OCH3 is 1. The van der Waals surface area contributed by atoms with Crippen LogP contribution in [-0.2, 0) is 24.3 Å². The Kier molecular flexibility index (Phi) is 6.88. The maximum atomic E-state index is 12.2. The van der Waals surface area contributed by atoms with E-state index in [4.69, 9.17) is 4.74 Å². The molecule has 1 N–H and O–H groups in total. The van der Waals surface area contributed by atoms with Crippen LogP contribution in [0, 0.1) is 5.92 Å². The number of nitrogens with one attached hydrogen (secondary N) is 1. The molecule has 1 saturated heterocycles. The summed E-state index contributed by atoms with van der Waals surface area (Å²) >= 11 is 0. The highest BCUT2D eigenvalue weighted by Gasteiger charge is 2.16. The smallest absolute Gasteiger partial charge is 0.224 e. The Labute approximate surface area is 162 Å². The second kappa shape index (κ2) is 9.56. The number of amides is 1. The lowest BCUT2D eigenvalue weighted by Crippen LogP contribution is -2.33. The molecule has 2 aromatic carbocycles. The van der Waals surface area contributed by atoms with Crippen molar-refractivity contribution in [2.45, 2.75) is 39.3 Å². The van der Waals surface area contributed by atoms with Crippen LogP contribution in [-0.4, -0.2) is 31.0 Å². The normalized spacial score (nSPS) is 17.5. The van der Waals surface area contributed by atoms with E-state index < -0.39 is 0 Å². The van der Waals surface area contributed by atoms with Crippen molar-refractivity contribution in [3.05, 3.63) is 65.2 Å². The summed E-state index contributed by atoms with van der Waals surface area (Å²) in [5, 5.41) is 3.00. The third kappa shape index (κ3) is 6.10. The SMILES string of the molecule is COc1ccc(CC(=O)NCc2ccc(CN3CCC[C@@H](C)C3)cc2)cc1. The third-order valence-corrected chi connectivity index (χ3v) is 5.18. The van der Waals surface area contributed by atoms with Gasteiger partial charge in [-0.15, -0.1) is 0 Å². The van der Waals surface area contributed by atoms with Gasteiger partial charge >= 0.3 is 0 Å². The minimum absolute atomic E-state index is 0.0338. The molecule has 2 aromatic rings. The molecule has 0 aliphatic carbocycles. The van der Waals surface area contributed by atoms with Crippen LogP contribution in [0.15, 0.2) is 48.5 Å². The molecular weight excluding hydrogens is 336 g/mol. The molecule has 4 heteroatoms. The van der Waals surface area contributed by atoms with Gasteiger partial charge in [-0.05, 0) is 54.1 Å². The average Bonchev–Trinajstić information content (AvgIpc) is 2.68. The highest BCUT2D eigenvalue weighted by molar-refractivity contribution is 5.78. The molecule has 1 atom stereocenters. The highest BCUT2D eigenvalue weighted by atomic mass is 16.5. The zero-order chi connectivity index (χ0) is 19.1.